The van der Waals surface area contributed by atoms with Crippen molar-refractivity contribution in [1.82, 2.24) is 10.2 Å². The molecule has 0 aliphatic heterocycles. The fourth-order valence-corrected chi connectivity index (χ4v) is 6.52. The number of rotatable bonds is 11. The molecular formula is C32H30Cl3N3O4S. The second-order valence-electron chi connectivity index (χ2n) is 9.89. The molecule has 0 fully saturated rings. The quantitative estimate of drug-likeness (QED) is 0.198. The van der Waals surface area contributed by atoms with Crippen molar-refractivity contribution in [3.05, 3.63) is 129 Å². The van der Waals surface area contributed by atoms with Gasteiger partial charge in [-0.15, -0.1) is 0 Å². The number of sulfonamides is 1. The summed E-state index contributed by atoms with van der Waals surface area (Å²) in [6.45, 7) is 1.21. The lowest BCUT2D eigenvalue weighted by Gasteiger charge is -2.33. The van der Waals surface area contributed by atoms with E-state index in [9.17, 15) is 18.0 Å². The average molecular weight is 659 g/mol. The highest BCUT2D eigenvalue weighted by Gasteiger charge is 2.35. The summed E-state index contributed by atoms with van der Waals surface area (Å²) in [7, 11) is -2.81. The molecule has 4 rings (SSSR count). The van der Waals surface area contributed by atoms with Crippen LogP contribution in [0.2, 0.25) is 15.1 Å². The van der Waals surface area contributed by atoms with E-state index in [1.807, 2.05) is 37.3 Å². The Bertz CT molecular complexity index is 1680. The maximum atomic E-state index is 14.3. The minimum absolute atomic E-state index is 0.0165. The third-order valence-corrected chi connectivity index (χ3v) is 9.43. The van der Waals surface area contributed by atoms with Gasteiger partial charge in [0.1, 0.15) is 12.6 Å². The predicted octanol–water partition coefficient (Wildman–Crippen LogP) is 6.54. The maximum Gasteiger partial charge on any atom is 0.264 e. The summed E-state index contributed by atoms with van der Waals surface area (Å²) in [5.74, 6) is -1.02. The predicted molar refractivity (Wildman–Crippen MR) is 172 cm³/mol. The molecule has 4 aromatic carbocycles. The Morgan fingerprint density at radius 2 is 1.44 bits per heavy atom. The summed E-state index contributed by atoms with van der Waals surface area (Å²) >= 11 is 18.8. The molecular weight excluding hydrogens is 629 g/mol. The van der Waals surface area contributed by atoms with E-state index in [2.05, 4.69) is 5.32 Å². The summed E-state index contributed by atoms with van der Waals surface area (Å²) in [6.07, 6.45) is 0.197. The number of anilines is 1. The third-order valence-electron chi connectivity index (χ3n) is 6.85. The van der Waals surface area contributed by atoms with Gasteiger partial charge in [0.2, 0.25) is 11.8 Å². The Kier molecular flexibility index (Phi) is 10.7. The van der Waals surface area contributed by atoms with Gasteiger partial charge in [-0.1, -0.05) is 95.0 Å². The first-order chi connectivity index (χ1) is 20.5. The standard InChI is InChI=1S/C32H30Cl3N3O4S/c1-22-8-15-27(16-9-22)43(41,42)38(29-19-26(34)14-17-28(29)35)21-31(39)37(20-24-10-12-25(33)13-11-24)30(32(40)36-2)18-23-6-4-3-5-7-23/h3-17,19,30H,18,20-21H2,1-2H3,(H,36,40). The van der Waals surface area contributed by atoms with Crippen LogP contribution >= 0.6 is 34.8 Å². The average Bonchev–Trinajstić information content (AvgIpc) is 3.00. The van der Waals surface area contributed by atoms with Crippen LogP contribution in [0.3, 0.4) is 0 Å². The van der Waals surface area contributed by atoms with Crippen LogP contribution in [0.25, 0.3) is 0 Å². The molecule has 4 aromatic rings. The summed E-state index contributed by atoms with van der Waals surface area (Å²) in [5, 5.41) is 3.49. The van der Waals surface area contributed by atoms with E-state index in [0.717, 1.165) is 15.4 Å². The fraction of sp³-hybridized carbons (Fsp3) is 0.188. The molecule has 2 amide bonds. The molecule has 1 unspecified atom stereocenters. The SMILES string of the molecule is CNC(=O)C(Cc1ccccc1)N(Cc1ccc(Cl)cc1)C(=O)CN(c1cc(Cl)ccc1Cl)S(=O)(=O)c1ccc(C)cc1. The van der Waals surface area contributed by atoms with Gasteiger partial charge in [-0.2, -0.15) is 0 Å². The highest BCUT2D eigenvalue weighted by molar-refractivity contribution is 7.92. The van der Waals surface area contributed by atoms with Gasteiger partial charge in [0, 0.05) is 30.1 Å². The van der Waals surface area contributed by atoms with Gasteiger partial charge >= 0.3 is 0 Å². The van der Waals surface area contributed by atoms with E-state index in [0.29, 0.717) is 10.6 Å². The molecule has 0 radical (unpaired) electrons. The van der Waals surface area contributed by atoms with Crippen molar-refractivity contribution in [3.8, 4) is 0 Å². The smallest absolute Gasteiger partial charge is 0.264 e. The van der Waals surface area contributed by atoms with E-state index in [4.69, 9.17) is 34.8 Å². The Balaban J connectivity index is 1.81. The van der Waals surface area contributed by atoms with Gasteiger partial charge < -0.3 is 10.2 Å². The minimum atomic E-state index is -4.30. The second kappa shape index (κ2) is 14.3. The monoisotopic (exact) mass is 657 g/mol. The number of hydrogen-bond acceptors (Lipinski definition) is 4. The van der Waals surface area contributed by atoms with Gasteiger partial charge in [0.25, 0.3) is 10.0 Å². The van der Waals surface area contributed by atoms with Crippen molar-refractivity contribution in [2.45, 2.75) is 30.8 Å². The van der Waals surface area contributed by atoms with Crippen molar-refractivity contribution < 1.29 is 18.0 Å². The number of benzene rings is 4. The molecule has 11 heteroatoms. The zero-order valence-electron chi connectivity index (χ0n) is 23.5. The molecule has 0 aromatic heterocycles. The lowest BCUT2D eigenvalue weighted by molar-refractivity contribution is -0.139. The fourth-order valence-electron chi connectivity index (χ4n) is 4.53. The second-order valence-corrected chi connectivity index (χ2v) is 13.0. The Morgan fingerprint density at radius 1 is 0.814 bits per heavy atom. The minimum Gasteiger partial charge on any atom is -0.357 e. The first-order valence-corrected chi connectivity index (χ1v) is 15.9. The van der Waals surface area contributed by atoms with Crippen molar-refractivity contribution in [3.63, 3.8) is 0 Å². The number of nitrogens with zero attached hydrogens (tertiary/aromatic N) is 2. The highest BCUT2D eigenvalue weighted by Crippen LogP contribution is 2.33. The first-order valence-electron chi connectivity index (χ1n) is 13.3. The maximum absolute atomic E-state index is 14.3. The molecule has 0 bridgehead atoms. The molecule has 0 heterocycles. The van der Waals surface area contributed by atoms with Crippen LogP contribution in [0, 0.1) is 6.92 Å². The lowest BCUT2D eigenvalue weighted by Crippen LogP contribution is -2.53. The number of aryl methyl sites for hydroxylation is 1. The summed E-state index contributed by atoms with van der Waals surface area (Å²) in [6, 6.07) is 25.8. The summed E-state index contributed by atoms with van der Waals surface area (Å²) in [4.78, 5) is 29.0. The molecule has 224 valence electrons. The number of carbonyl (C=O) groups is 2. The zero-order chi connectivity index (χ0) is 31.1. The molecule has 7 nitrogen and oxygen atoms in total. The van der Waals surface area contributed by atoms with Crippen molar-refractivity contribution in [2.75, 3.05) is 17.9 Å². The first kappa shape index (κ1) is 32.4. The van der Waals surface area contributed by atoms with E-state index in [1.165, 1.54) is 42.3 Å². The largest absolute Gasteiger partial charge is 0.357 e. The number of halogens is 3. The molecule has 0 saturated heterocycles. The van der Waals surface area contributed by atoms with Crippen LogP contribution in [-0.2, 0) is 32.6 Å². The zero-order valence-corrected chi connectivity index (χ0v) is 26.6. The normalized spacial score (nSPS) is 11.9. The van der Waals surface area contributed by atoms with E-state index in [1.54, 1.807) is 36.4 Å². The summed E-state index contributed by atoms with van der Waals surface area (Å²) in [5.41, 5.74) is 2.43. The number of nitrogens with one attached hydrogen (secondary N) is 1. The van der Waals surface area contributed by atoms with Crippen LogP contribution in [-0.4, -0.2) is 44.8 Å². The topological polar surface area (TPSA) is 86.8 Å². The Labute approximate surface area is 267 Å². The van der Waals surface area contributed by atoms with E-state index in [-0.39, 0.29) is 33.6 Å². The number of likely N-dealkylation sites (N-methyl/N-ethyl adjacent to an activating group) is 1. The number of hydrogen-bond donors (Lipinski definition) is 1. The Morgan fingerprint density at radius 3 is 2.07 bits per heavy atom. The van der Waals surface area contributed by atoms with Crippen LogP contribution < -0.4 is 9.62 Å². The highest BCUT2D eigenvalue weighted by atomic mass is 35.5. The van der Waals surface area contributed by atoms with Crippen LogP contribution in [0.15, 0.2) is 102 Å². The molecule has 0 saturated carbocycles. The molecule has 1 atom stereocenters. The van der Waals surface area contributed by atoms with Gasteiger partial charge in [-0.3, -0.25) is 13.9 Å². The van der Waals surface area contributed by atoms with Crippen LogP contribution in [0.4, 0.5) is 5.69 Å². The third kappa shape index (κ3) is 8.09. The van der Waals surface area contributed by atoms with Gasteiger partial charge in [-0.25, -0.2) is 8.42 Å². The van der Waals surface area contributed by atoms with Crippen molar-refractivity contribution >= 4 is 62.3 Å². The van der Waals surface area contributed by atoms with Crippen molar-refractivity contribution in [2.24, 2.45) is 0 Å². The number of carbonyl (C=O) groups excluding carboxylic acids is 2. The van der Waals surface area contributed by atoms with Gasteiger partial charge in [0.15, 0.2) is 0 Å². The lowest BCUT2D eigenvalue weighted by atomic mass is 10.0. The summed E-state index contributed by atoms with van der Waals surface area (Å²) < 4.78 is 29.1. The van der Waals surface area contributed by atoms with E-state index < -0.39 is 34.4 Å². The van der Waals surface area contributed by atoms with E-state index >= 15 is 0 Å². The van der Waals surface area contributed by atoms with Crippen LogP contribution in [0.5, 0.6) is 0 Å². The molecule has 43 heavy (non-hydrogen) atoms. The van der Waals surface area contributed by atoms with Gasteiger partial charge in [0.05, 0.1) is 15.6 Å². The molecule has 0 aliphatic rings. The molecule has 1 N–H and O–H groups in total. The van der Waals surface area contributed by atoms with Gasteiger partial charge in [-0.05, 0) is 60.5 Å². The molecule has 0 aliphatic carbocycles. The number of amides is 2. The van der Waals surface area contributed by atoms with Crippen molar-refractivity contribution in [1.29, 1.82) is 0 Å². The Hall–Kier alpha value is -3.56. The van der Waals surface area contributed by atoms with Crippen LogP contribution in [0.1, 0.15) is 16.7 Å². The molecule has 0 spiro atoms.